The minimum Gasteiger partial charge on any atom is -0.495 e. The van der Waals surface area contributed by atoms with Gasteiger partial charge in [-0.25, -0.2) is 0 Å². The van der Waals surface area contributed by atoms with E-state index in [0.29, 0.717) is 26.5 Å². The summed E-state index contributed by atoms with van der Waals surface area (Å²) in [6.45, 7) is 0.261. The van der Waals surface area contributed by atoms with Crippen LogP contribution in [0.2, 0.25) is 0 Å². The van der Waals surface area contributed by atoms with Gasteiger partial charge in [0.1, 0.15) is 5.75 Å². The molecular formula is C22H20N4O4S2. The Bertz CT molecular complexity index is 1140. The topological polar surface area (TPSA) is 101 Å². The number of nitrogens with one attached hydrogen (secondary N) is 1. The average Bonchev–Trinajstić information content (AvgIpc) is 3.44. The van der Waals surface area contributed by atoms with E-state index in [1.54, 1.807) is 36.3 Å². The molecule has 1 saturated heterocycles. The molecule has 1 aromatic heterocycles. The number of rotatable bonds is 8. The van der Waals surface area contributed by atoms with E-state index in [9.17, 15) is 14.4 Å². The summed E-state index contributed by atoms with van der Waals surface area (Å²) < 4.78 is 5.92. The van der Waals surface area contributed by atoms with Gasteiger partial charge in [-0.15, -0.1) is 10.2 Å². The largest absolute Gasteiger partial charge is 0.495 e. The number of ether oxygens (including phenoxy) is 1. The molecule has 1 aliphatic rings. The predicted molar refractivity (Wildman–Crippen MR) is 123 cm³/mol. The van der Waals surface area contributed by atoms with Crippen LogP contribution < -0.4 is 15.0 Å². The molecule has 0 bridgehead atoms. The van der Waals surface area contributed by atoms with E-state index in [2.05, 4.69) is 15.5 Å². The number of aromatic nitrogens is 2. The maximum Gasteiger partial charge on any atom is 0.231 e. The number of carbonyl (C=O) groups is 3. The van der Waals surface area contributed by atoms with Gasteiger partial charge in [0.05, 0.1) is 24.5 Å². The molecule has 10 heteroatoms. The van der Waals surface area contributed by atoms with Crippen molar-refractivity contribution in [2.75, 3.05) is 29.6 Å². The highest BCUT2D eigenvalue weighted by Crippen LogP contribution is 2.33. The quantitative estimate of drug-likeness (QED) is 0.307. The molecule has 1 atom stereocenters. The fourth-order valence-corrected chi connectivity index (χ4v) is 4.98. The molecule has 0 spiro atoms. The van der Waals surface area contributed by atoms with Crippen LogP contribution in [0.4, 0.5) is 10.8 Å². The van der Waals surface area contributed by atoms with Gasteiger partial charge >= 0.3 is 0 Å². The number of methoxy groups -OCH3 is 1. The third-order valence-electron chi connectivity index (χ3n) is 4.93. The lowest BCUT2D eigenvalue weighted by atomic mass is 10.1. The average molecular weight is 469 g/mol. The number of anilines is 2. The van der Waals surface area contributed by atoms with E-state index in [4.69, 9.17) is 4.74 Å². The highest BCUT2D eigenvalue weighted by molar-refractivity contribution is 8.01. The predicted octanol–water partition coefficient (Wildman–Crippen LogP) is 3.51. The summed E-state index contributed by atoms with van der Waals surface area (Å²) in [7, 11) is 1.54. The second kappa shape index (κ2) is 9.92. The fraction of sp³-hybridized carbons (Fsp3) is 0.227. The second-order valence-corrected chi connectivity index (χ2v) is 9.22. The van der Waals surface area contributed by atoms with Crippen molar-refractivity contribution in [2.45, 2.75) is 10.8 Å². The zero-order chi connectivity index (χ0) is 22.5. The first-order valence-corrected chi connectivity index (χ1v) is 11.6. The van der Waals surface area contributed by atoms with Crippen LogP contribution in [0.1, 0.15) is 16.8 Å². The van der Waals surface area contributed by atoms with E-state index < -0.39 is 5.92 Å². The smallest absolute Gasteiger partial charge is 0.231 e. The number of hydrogen-bond donors (Lipinski definition) is 1. The van der Waals surface area contributed by atoms with Crippen LogP contribution >= 0.6 is 23.1 Å². The molecule has 0 aliphatic carbocycles. The molecule has 8 nitrogen and oxygen atoms in total. The number of carbonyl (C=O) groups excluding carboxylic acids is 3. The number of amides is 2. The maximum absolute atomic E-state index is 12.7. The number of hydrogen-bond acceptors (Lipinski definition) is 8. The van der Waals surface area contributed by atoms with Crippen LogP contribution in [-0.2, 0) is 9.59 Å². The summed E-state index contributed by atoms with van der Waals surface area (Å²) in [6, 6.07) is 16.3. The van der Waals surface area contributed by atoms with Crippen molar-refractivity contribution in [1.29, 1.82) is 0 Å². The van der Waals surface area contributed by atoms with Gasteiger partial charge in [0.25, 0.3) is 0 Å². The van der Waals surface area contributed by atoms with Gasteiger partial charge in [0.15, 0.2) is 10.1 Å². The Kier molecular flexibility index (Phi) is 6.81. The molecule has 2 heterocycles. The number of para-hydroxylation sites is 2. The Morgan fingerprint density at radius 1 is 1.16 bits per heavy atom. The van der Waals surface area contributed by atoms with Gasteiger partial charge in [-0.3, -0.25) is 14.4 Å². The SMILES string of the molecule is COc1ccccc1N1C[C@@H](C(=O)Nc2nnc(SCC(=O)c3ccccc3)s2)CC1=O. The van der Waals surface area contributed by atoms with Gasteiger partial charge in [0, 0.05) is 18.5 Å². The Morgan fingerprint density at radius 2 is 1.91 bits per heavy atom. The van der Waals surface area contributed by atoms with Crippen LogP contribution in [0, 0.1) is 5.92 Å². The normalized spacial score (nSPS) is 15.6. The molecule has 0 radical (unpaired) electrons. The Balaban J connectivity index is 1.33. The lowest BCUT2D eigenvalue weighted by Crippen LogP contribution is -2.28. The van der Waals surface area contributed by atoms with Crippen LogP contribution in [0.15, 0.2) is 58.9 Å². The van der Waals surface area contributed by atoms with Crippen molar-refractivity contribution < 1.29 is 19.1 Å². The summed E-state index contributed by atoms with van der Waals surface area (Å²) in [4.78, 5) is 39.0. The van der Waals surface area contributed by atoms with Crippen molar-refractivity contribution in [3.05, 3.63) is 60.2 Å². The van der Waals surface area contributed by atoms with E-state index in [1.165, 1.54) is 23.1 Å². The van der Waals surface area contributed by atoms with E-state index in [0.717, 1.165) is 0 Å². The molecule has 3 aromatic rings. The summed E-state index contributed by atoms with van der Waals surface area (Å²) in [5.74, 6) is -0.120. The van der Waals surface area contributed by atoms with Gasteiger partial charge in [0.2, 0.25) is 16.9 Å². The van der Waals surface area contributed by atoms with Crippen LogP contribution in [-0.4, -0.2) is 47.2 Å². The highest BCUT2D eigenvalue weighted by Gasteiger charge is 2.36. The van der Waals surface area contributed by atoms with Gasteiger partial charge in [-0.1, -0.05) is 65.6 Å². The van der Waals surface area contributed by atoms with Gasteiger partial charge in [-0.2, -0.15) is 0 Å². The Labute approximate surface area is 193 Å². The number of ketones is 1. The summed E-state index contributed by atoms with van der Waals surface area (Å²) in [5, 5.41) is 11.1. The zero-order valence-electron chi connectivity index (χ0n) is 17.2. The van der Waals surface area contributed by atoms with Gasteiger partial charge in [-0.05, 0) is 12.1 Å². The third-order valence-corrected chi connectivity index (χ3v) is 6.90. The van der Waals surface area contributed by atoms with Crippen LogP contribution in [0.5, 0.6) is 5.75 Å². The van der Waals surface area contributed by atoms with Crippen LogP contribution in [0.25, 0.3) is 0 Å². The molecule has 1 fully saturated rings. The zero-order valence-corrected chi connectivity index (χ0v) is 18.8. The van der Waals surface area contributed by atoms with E-state index in [1.807, 2.05) is 30.3 Å². The molecule has 0 unspecified atom stereocenters. The van der Waals surface area contributed by atoms with Crippen molar-refractivity contribution in [3.63, 3.8) is 0 Å². The van der Waals surface area contributed by atoms with E-state index in [-0.39, 0.29) is 36.3 Å². The van der Waals surface area contributed by atoms with Crippen molar-refractivity contribution >= 4 is 51.5 Å². The number of benzene rings is 2. The first-order valence-electron chi connectivity index (χ1n) is 9.84. The summed E-state index contributed by atoms with van der Waals surface area (Å²) >= 11 is 2.47. The lowest BCUT2D eigenvalue weighted by Gasteiger charge is -2.19. The van der Waals surface area contributed by atoms with Crippen molar-refractivity contribution in [3.8, 4) is 5.75 Å². The minimum absolute atomic E-state index is 0.00251. The standard InChI is InChI=1S/C22H20N4O4S2/c1-30-18-10-6-5-9-16(18)26-12-15(11-19(26)28)20(29)23-21-24-25-22(32-21)31-13-17(27)14-7-3-2-4-8-14/h2-10,15H,11-13H2,1H3,(H,23,24,29)/t15-/m0/s1. The number of thioether (sulfide) groups is 1. The summed E-state index contributed by atoms with van der Waals surface area (Å²) in [5.41, 5.74) is 1.29. The number of nitrogens with zero attached hydrogens (tertiary/aromatic N) is 3. The van der Waals surface area contributed by atoms with Crippen molar-refractivity contribution in [1.82, 2.24) is 10.2 Å². The molecular weight excluding hydrogens is 448 g/mol. The van der Waals surface area contributed by atoms with Crippen LogP contribution in [0.3, 0.4) is 0 Å². The lowest BCUT2D eigenvalue weighted by molar-refractivity contribution is -0.122. The highest BCUT2D eigenvalue weighted by atomic mass is 32.2. The molecule has 2 aromatic carbocycles. The van der Waals surface area contributed by atoms with Gasteiger partial charge < -0.3 is 15.0 Å². The molecule has 32 heavy (non-hydrogen) atoms. The van der Waals surface area contributed by atoms with Crippen molar-refractivity contribution in [2.24, 2.45) is 5.92 Å². The summed E-state index contributed by atoms with van der Waals surface area (Å²) in [6.07, 6.45) is 0.107. The Morgan fingerprint density at radius 3 is 2.69 bits per heavy atom. The molecule has 1 N–H and O–H groups in total. The second-order valence-electron chi connectivity index (χ2n) is 7.02. The first-order chi connectivity index (χ1) is 15.5. The maximum atomic E-state index is 12.7. The minimum atomic E-state index is -0.507. The third kappa shape index (κ3) is 4.97. The molecule has 4 rings (SSSR count). The molecule has 0 saturated carbocycles. The van der Waals surface area contributed by atoms with E-state index >= 15 is 0 Å². The molecule has 2 amide bonds. The first kappa shape index (κ1) is 22.0. The number of Topliss-reactive ketones (excluding diaryl/α,β-unsaturated/α-hetero) is 1. The monoisotopic (exact) mass is 468 g/mol. The molecule has 164 valence electrons. The Hall–Kier alpha value is -3.24. The molecule has 1 aliphatic heterocycles. The fourth-order valence-electron chi connectivity index (χ4n) is 3.33.